The first kappa shape index (κ1) is 19.2. The number of benzene rings is 1. The van der Waals surface area contributed by atoms with Gasteiger partial charge in [0.05, 0.1) is 11.1 Å². The zero-order valence-electron chi connectivity index (χ0n) is 15.5. The van der Waals surface area contributed by atoms with Crippen LogP contribution in [-0.4, -0.2) is 59.1 Å². The Bertz CT molecular complexity index is 807. The molecule has 2 atom stereocenters. The number of nitrogens with zero attached hydrogens (tertiary/aromatic N) is 2. The number of hydrogen-bond acceptors (Lipinski definition) is 6. The summed E-state index contributed by atoms with van der Waals surface area (Å²) in [5.74, 6) is -1.96. The minimum atomic E-state index is -0.941. The Kier molecular flexibility index (Phi) is 5.38. The van der Waals surface area contributed by atoms with Crippen LogP contribution in [0.3, 0.4) is 0 Å². The highest BCUT2D eigenvalue weighted by Crippen LogP contribution is 2.28. The standard InChI is InChI=1S/C19H24N4O4/c1-3-12(20)10-22(2)9-11-4-5-13-14(8-11)19(27)23(18(13)26)15-6-7-16(24)21-17(15)25/h4-5,8,12,15H,3,6-7,9-10,20H2,1-2H3,(H,21,24,25). The van der Waals surface area contributed by atoms with Crippen LogP contribution in [0.2, 0.25) is 0 Å². The molecule has 2 aliphatic rings. The average molecular weight is 372 g/mol. The molecule has 144 valence electrons. The van der Waals surface area contributed by atoms with E-state index in [4.69, 9.17) is 5.73 Å². The lowest BCUT2D eigenvalue weighted by atomic mass is 10.0. The van der Waals surface area contributed by atoms with Crippen LogP contribution in [-0.2, 0) is 16.1 Å². The molecular weight excluding hydrogens is 348 g/mol. The highest BCUT2D eigenvalue weighted by Gasteiger charge is 2.44. The SMILES string of the molecule is CCC(N)CN(C)Cc1ccc2c(c1)C(=O)N(C1CCC(=O)NC1=O)C2=O. The number of carbonyl (C=O) groups is 4. The Labute approximate surface area is 157 Å². The summed E-state index contributed by atoms with van der Waals surface area (Å²) in [6.07, 6.45) is 1.14. The van der Waals surface area contributed by atoms with E-state index in [1.165, 1.54) is 0 Å². The van der Waals surface area contributed by atoms with Crippen LogP contribution in [0, 0.1) is 0 Å². The van der Waals surface area contributed by atoms with Crippen molar-refractivity contribution in [2.45, 2.75) is 44.8 Å². The Balaban J connectivity index is 1.78. The van der Waals surface area contributed by atoms with Gasteiger partial charge in [-0.15, -0.1) is 0 Å². The van der Waals surface area contributed by atoms with Gasteiger partial charge in [0, 0.05) is 25.6 Å². The maximum atomic E-state index is 12.8. The maximum absolute atomic E-state index is 12.8. The third-order valence-electron chi connectivity index (χ3n) is 5.03. The van der Waals surface area contributed by atoms with Crippen LogP contribution in [0.4, 0.5) is 0 Å². The van der Waals surface area contributed by atoms with Gasteiger partial charge in [0.1, 0.15) is 6.04 Å². The van der Waals surface area contributed by atoms with Gasteiger partial charge in [-0.25, -0.2) is 0 Å². The van der Waals surface area contributed by atoms with E-state index in [1.807, 2.05) is 20.0 Å². The van der Waals surface area contributed by atoms with Crippen molar-refractivity contribution < 1.29 is 19.2 Å². The quantitative estimate of drug-likeness (QED) is 0.693. The second kappa shape index (κ2) is 7.58. The molecule has 2 aliphatic heterocycles. The highest BCUT2D eigenvalue weighted by molar-refractivity contribution is 6.23. The fourth-order valence-corrected chi connectivity index (χ4v) is 3.52. The van der Waals surface area contributed by atoms with Crippen molar-refractivity contribution in [3.63, 3.8) is 0 Å². The van der Waals surface area contributed by atoms with Crippen LogP contribution in [0.5, 0.6) is 0 Å². The molecule has 0 aliphatic carbocycles. The summed E-state index contributed by atoms with van der Waals surface area (Å²) >= 11 is 0. The fraction of sp³-hybridized carbons (Fsp3) is 0.474. The van der Waals surface area contributed by atoms with Crippen molar-refractivity contribution in [3.05, 3.63) is 34.9 Å². The molecule has 2 heterocycles. The van der Waals surface area contributed by atoms with Crippen molar-refractivity contribution in [1.82, 2.24) is 15.1 Å². The predicted octanol–water partition coefficient (Wildman–Crippen LogP) is 0.257. The number of likely N-dealkylation sites (N-methyl/N-ethyl adjacent to an activating group) is 1. The zero-order valence-corrected chi connectivity index (χ0v) is 15.5. The van der Waals surface area contributed by atoms with E-state index in [0.29, 0.717) is 17.7 Å². The van der Waals surface area contributed by atoms with Gasteiger partial charge in [-0.3, -0.25) is 29.4 Å². The second-order valence-electron chi connectivity index (χ2n) is 7.19. The first-order valence-corrected chi connectivity index (χ1v) is 9.10. The Morgan fingerprint density at radius 3 is 2.59 bits per heavy atom. The van der Waals surface area contributed by atoms with Gasteiger partial charge in [0.2, 0.25) is 11.8 Å². The van der Waals surface area contributed by atoms with Crippen molar-refractivity contribution in [1.29, 1.82) is 0 Å². The minimum Gasteiger partial charge on any atom is -0.327 e. The van der Waals surface area contributed by atoms with Crippen molar-refractivity contribution >= 4 is 23.6 Å². The van der Waals surface area contributed by atoms with E-state index in [0.717, 1.165) is 23.4 Å². The van der Waals surface area contributed by atoms with E-state index in [2.05, 4.69) is 10.2 Å². The van der Waals surface area contributed by atoms with Crippen LogP contribution >= 0.6 is 0 Å². The molecule has 1 fully saturated rings. The minimum absolute atomic E-state index is 0.0793. The Morgan fingerprint density at radius 1 is 1.22 bits per heavy atom. The normalized spacial score (nSPS) is 20.9. The predicted molar refractivity (Wildman–Crippen MR) is 97.7 cm³/mol. The molecule has 4 amide bonds. The first-order chi connectivity index (χ1) is 12.8. The molecule has 2 unspecified atom stereocenters. The largest absolute Gasteiger partial charge is 0.327 e. The average Bonchev–Trinajstić information content (AvgIpc) is 2.86. The molecule has 8 heteroatoms. The van der Waals surface area contributed by atoms with Crippen molar-refractivity contribution in [3.8, 4) is 0 Å². The van der Waals surface area contributed by atoms with E-state index in [1.54, 1.807) is 12.1 Å². The maximum Gasteiger partial charge on any atom is 0.262 e. The highest BCUT2D eigenvalue weighted by atomic mass is 16.2. The lowest BCUT2D eigenvalue weighted by molar-refractivity contribution is -0.136. The van der Waals surface area contributed by atoms with E-state index >= 15 is 0 Å². The molecule has 0 aromatic heterocycles. The summed E-state index contributed by atoms with van der Waals surface area (Å²) in [5, 5.41) is 2.19. The summed E-state index contributed by atoms with van der Waals surface area (Å²) in [6, 6.07) is 4.28. The van der Waals surface area contributed by atoms with Gasteiger partial charge >= 0.3 is 0 Å². The summed E-state index contributed by atoms with van der Waals surface area (Å²) in [4.78, 5) is 51.9. The Hall–Kier alpha value is -2.58. The van der Waals surface area contributed by atoms with E-state index in [9.17, 15) is 19.2 Å². The summed E-state index contributed by atoms with van der Waals surface area (Å²) in [7, 11) is 1.95. The molecule has 0 spiro atoms. The van der Waals surface area contributed by atoms with Crippen LogP contribution in [0.15, 0.2) is 18.2 Å². The number of hydrogen-bond donors (Lipinski definition) is 2. The lowest BCUT2D eigenvalue weighted by Gasteiger charge is -2.27. The summed E-state index contributed by atoms with van der Waals surface area (Å²) in [5.41, 5.74) is 7.46. The fourth-order valence-electron chi connectivity index (χ4n) is 3.52. The molecule has 1 aromatic rings. The number of carbonyl (C=O) groups excluding carboxylic acids is 4. The van der Waals surface area contributed by atoms with Crippen molar-refractivity contribution in [2.24, 2.45) is 5.73 Å². The summed E-state index contributed by atoms with van der Waals surface area (Å²) in [6.45, 7) is 3.35. The van der Waals surface area contributed by atoms with Crippen molar-refractivity contribution in [2.75, 3.05) is 13.6 Å². The van der Waals surface area contributed by atoms with Crippen LogP contribution in [0.1, 0.15) is 52.5 Å². The monoisotopic (exact) mass is 372 g/mol. The lowest BCUT2D eigenvalue weighted by Crippen LogP contribution is -2.54. The molecule has 27 heavy (non-hydrogen) atoms. The van der Waals surface area contributed by atoms with E-state index < -0.39 is 23.8 Å². The molecule has 1 aromatic carbocycles. The van der Waals surface area contributed by atoms with Gasteiger partial charge in [0.25, 0.3) is 11.8 Å². The molecule has 3 N–H and O–H groups in total. The number of nitrogens with two attached hydrogens (primary N) is 1. The Morgan fingerprint density at radius 2 is 1.93 bits per heavy atom. The zero-order chi connectivity index (χ0) is 19.7. The number of amides is 4. The molecular formula is C19H24N4O4. The van der Waals surface area contributed by atoms with Gasteiger partial charge in [-0.1, -0.05) is 13.0 Å². The van der Waals surface area contributed by atoms with Crippen LogP contribution in [0.25, 0.3) is 0 Å². The molecule has 1 saturated heterocycles. The number of piperidine rings is 1. The number of nitrogens with one attached hydrogen (secondary N) is 1. The van der Waals surface area contributed by atoms with E-state index in [-0.39, 0.29) is 24.8 Å². The summed E-state index contributed by atoms with van der Waals surface area (Å²) < 4.78 is 0. The topological polar surface area (TPSA) is 113 Å². The molecule has 8 nitrogen and oxygen atoms in total. The number of fused-ring (bicyclic) bond motifs is 1. The van der Waals surface area contributed by atoms with Gasteiger partial charge in [0.15, 0.2) is 0 Å². The second-order valence-corrected chi connectivity index (χ2v) is 7.19. The van der Waals surface area contributed by atoms with Crippen LogP contribution < -0.4 is 11.1 Å². The third-order valence-corrected chi connectivity index (χ3v) is 5.03. The first-order valence-electron chi connectivity index (χ1n) is 9.10. The number of rotatable bonds is 6. The number of imide groups is 2. The molecule has 0 saturated carbocycles. The molecule has 0 radical (unpaired) electrons. The van der Waals surface area contributed by atoms with Gasteiger partial charge in [-0.2, -0.15) is 0 Å². The molecule has 3 rings (SSSR count). The smallest absolute Gasteiger partial charge is 0.262 e. The third kappa shape index (κ3) is 3.77. The van der Waals surface area contributed by atoms with Gasteiger partial charge < -0.3 is 10.6 Å². The molecule has 0 bridgehead atoms. The van der Waals surface area contributed by atoms with Gasteiger partial charge in [-0.05, 0) is 37.6 Å².